The molecule has 24 heavy (non-hydrogen) atoms. The number of nitrogens with one attached hydrogen (secondary N) is 1. The number of thiocarbonyl (C=S) groups is 1. The molecule has 3 heterocycles. The van der Waals surface area contributed by atoms with E-state index in [9.17, 15) is 0 Å². The highest BCUT2D eigenvalue weighted by Gasteiger charge is 2.32. The van der Waals surface area contributed by atoms with Crippen LogP contribution in [0.4, 0.5) is 5.69 Å². The quantitative estimate of drug-likeness (QED) is 0.630. The van der Waals surface area contributed by atoms with Gasteiger partial charge in [0.1, 0.15) is 0 Å². The summed E-state index contributed by atoms with van der Waals surface area (Å²) in [7, 11) is 0. The van der Waals surface area contributed by atoms with E-state index in [1.807, 2.05) is 35.3 Å². The van der Waals surface area contributed by atoms with Gasteiger partial charge >= 0.3 is 0 Å². The number of thiophene rings is 2. The predicted molar refractivity (Wildman–Crippen MR) is 107 cm³/mol. The van der Waals surface area contributed by atoms with Gasteiger partial charge in [-0.15, -0.1) is 11.3 Å². The van der Waals surface area contributed by atoms with Crippen molar-refractivity contribution in [2.45, 2.75) is 12.5 Å². The first kappa shape index (κ1) is 15.5. The van der Waals surface area contributed by atoms with Crippen LogP contribution in [0.3, 0.4) is 0 Å². The SMILES string of the molecule is S=C(Nc1ccccc1)N1N=C(c2ccsc2)C[C@H]1c1cccs1. The number of nitrogens with zero attached hydrogens (tertiary/aromatic N) is 2. The van der Waals surface area contributed by atoms with Crippen molar-refractivity contribution in [3.8, 4) is 0 Å². The van der Waals surface area contributed by atoms with Gasteiger partial charge < -0.3 is 5.32 Å². The molecule has 3 aromatic rings. The zero-order valence-corrected chi connectivity index (χ0v) is 15.2. The maximum atomic E-state index is 5.64. The van der Waals surface area contributed by atoms with Crippen molar-refractivity contribution in [3.63, 3.8) is 0 Å². The first-order chi connectivity index (χ1) is 11.8. The average Bonchev–Trinajstić information content (AvgIpc) is 3.35. The van der Waals surface area contributed by atoms with Gasteiger partial charge in [0, 0.05) is 22.5 Å². The smallest absolute Gasteiger partial charge is 0.194 e. The second-order valence-corrected chi connectivity index (χ2v) is 7.58. The van der Waals surface area contributed by atoms with E-state index < -0.39 is 0 Å². The summed E-state index contributed by atoms with van der Waals surface area (Å²) in [5.41, 5.74) is 3.25. The second-order valence-electron chi connectivity index (χ2n) is 5.43. The highest BCUT2D eigenvalue weighted by atomic mass is 32.1. The molecule has 0 aliphatic carbocycles. The molecule has 0 bridgehead atoms. The van der Waals surface area contributed by atoms with Crippen LogP contribution in [0.5, 0.6) is 0 Å². The summed E-state index contributed by atoms with van der Waals surface area (Å²) in [6.45, 7) is 0. The van der Waals surface area contributed by atoms with Crippen LogP contribution >= 0.6 is 34.9 Å². The molecule has 0 fully saturated rings. The first-order valence-electron chi connectivity index (χ1n) is 7.60. The molecule has 6 heteroatoms. The second kappa shape index (κ2) is 6.84. The number of benzene rings is 1. The Kier molecular flexibility index (Phi) is 4.42. The van der Waals surface area contributed by atoms with Gasteiger partial charge in [-0.1, -0.05) is 24.3 Å². The molecule has 0 spiro atoms. The fraction of sp³-hybridized carbons (Fsp3) is 0.111. The van der Waals surface area contributed by atoms with Crippen molar-refractivity contribution in [3.05, 3.63) is 75.1 Å². The fourth-order valence-electron chi connectivity index (χ4n) is 2.71. The Morgan fingerprint density at radius 2 is 2.00 bits per heavy atom. The number of hydrazone groups is 1. The molecule has 1 aliphatic rings. The van der Waals surface area contributed by atoms with E-state index in [-0.39, 0.29) is 6.04 Å². The van der Waals surface area contributed by atoms with Crippen LogP contribution in [0.2, 0.25) is 0 Å². The van der Waals surface area contributed by atoms with E-state index in [0.717, 1.165) is 17.8 Å². The first-order valence-corrected chi connectivity index (χ1v) is 9.83. The Bertz CT molecular complexity index is 839. The van der Waals surface area contributed by atoms with Crippen molar-refractivity contribution < 1.29 is 0 Å². The summed E-state index contributed by atoms with van der Waals surface area (Å²) in [5, 5.41) is 17.0. The molecule has 1 N–H and O–H groups in total. The third-order valence-electron chi connectivity index (χ3n) is 3.87. The Hall–Kier alpha value is -2.02. The average molecular weight is 370 g/mol. The molecule has 0 saturated heterocycles. The lowest BCUT2D eigenvalue weighted by atomic mass is 10.1. The van der Waals surface area contributed by atoms with Gasteiger partial charge in [-0.2, -0.15) is 16.4 Å². The normalized spacial score (nSPS) is 16.9. The summed E-state index contributed by atoms with van der Waals surface area (Å²) in [4.78, 5) is 1.28. The minimum atomic E-state index is 0.156. The van der Waals surface area contributed by atoms with E-state index in [4.69, 9.17) is 17.3 Å². The zero-order chi connectivity index (χ0) is 16.4. The van der Waals surface area contributed by atoms with Gasteiger partial charge in [0.05, 0.1) is 11.8 Å². The minimum absolute atomic E-state index is 0.156. The largest absolute Gasteiger partial charge is 0.331 e. The van der Waals surface area contributed by atoms with Crippen LogP contribution in [0, 0.1) is 0 Å². The van der Waals surface area contributed by atoms with Crippen LogP contribution in [0.1, 0.15) is 22.9 Å². The number of rotatable bonds is 3. The minimum Gasteiger partial charge on any atom is -0.331 e. The van der Waals surface area contributed by atoms with Gasteiger partial charge in [-0.05, 0) is 52.6 Å². The van der Waals surface area contributed by atoms with Crippen LogP contribution in [0.15, 0.2) is 69.8 Å². The molecule has 0 amide bonds. The summed E-state index contributed by atoms with van der Waals surface area (Å²) in [6.07, 6.45) is 0.869. The zero-order valence-electron chi connectivity index (χ0n) is 12.8. The van der Waals surface area contributed by atoms with E-state index >= 15 is 0 Å². The van der Waals surface area contributed by atoms with Crippen molar-refractivity contribution in [2.24, 2.45) is 5.10 Å². The van der Waals surface area contributed by atoms with Gasteiger partial charge in [0.15, 0.2) is 5.11 Å². The van der Waals surface area contributed by atoms with Crippen molar-refractivity contribution >= 4 is 51.4 Å². The molecule has 120 valence electrons. The lowest BCUT2D eigenvalue weighted by Crippen LogP contribution is -2.30. The van der Waals surface area contributed by atoms with Crippen LogP contribution < -0.4 is 5.32 Å². The molecule has 1 aromatic carbocycles. The Labute approximate surface area is 154 Å². The molecule has 0 unspecified atom stereocenters. The van der Waals surface area contributed by atoms with Gasteiger partial charge in [0.2, 0.25) is 0 Å². The summed E-state index contributed by atoms with van der Waals surface area (Å²) < 4.78 is 0. The predicted octanol–water partition coefficient (Wildman–Crippen LogP) is 5.36. The third-order valence-corrected chi connectivity index (χ3v) is 5.82. The molecule has 4 rings (SSSR count). The Balaban J connectivity index is 1.62. The number of hydrogen-bond acceptors (Lipinski definition) is 4. The molecule has 3 nitrogen and oxygen atoms in total. The monoisotopic (exact) mass is 369 g/mol. The summed E-state index contributed by atoms with van der Waals surface area (Å²) in [6, 6.07) is 16.5. The van der Waals surface area contributed by atoms with Gasteiger partial charge in [0.25, 0.3) is 0 Å². The van der Waals surface area contributed by atoms with Crippen LogP contribution in [0.25, 0.3) is 0 Å². The standard InChI is InChI=1S/C18H15N3S3/c22-18(19-14-5-2-1-3-6-14)21-16(17-7-4-9-24-17)11-15(20-21)13-8-10-23-12-13/h1-10,12,16H,11H2,(H,19,22)/t16-/m0/s1. The lowest BCUT2D eigenvalue weighted by molar-refractivity contribution is 0.380. The summed E-state index contributed by atoms with van der Waals surface area (Å²) >= 11 is 9.08. The highest BCUT2D eigenvalue weighted by Crippen LogP contribution is 2.35. The lowest BCUT2D eigenvalue weighted by Gasteiger charge is -2.23. The molecule has 2 aromatic heterocycles. The van der Waals surface area contributed by atoms with Gasteiger partial charge in [-0.3, -0.25) is 0 Å². The maximum absolute atomic E-state index is 5.64. The Morgan fingerprint density at radius 1 is 1.12 bits per heavy atom. The number of hydrogen-bond donors (Lipinski definition) is 1. The third kappa shape index (κ3) is 3.13. The topological polar surface area (TPSA) is 27.6 Å². The summed E-state index contributed by atoms with van der Waals surface area (Å²) in [5.74, 6) is 0. The molecule has 0 saturated carbocycles. The van der Waals surface area contributed by atoms with E-state index in [1.165, 1.54) is 10.4 Å². The van der Waals surface area contributed by atoms with Crippen molar-refractivity contribution in [1.29, 1.82) is 0 Å². The van der Waals surface area contributed by atoms with E-state index in [0.29, 0.717) is 5.11 Å². The van der Waals surface area contributed by atoms with Crippen molar-refractivity contribution in [1.82, 2.24) is 5.01 Å². The van der Waals surface area contributed by atoms with E-state index in [2.05, 4.69) is 39.7 Å². The maximum Gasteiger partial charge on any atom is 0.194 e. The molecule has 1 atom stereocenters. The molecular formula is C18H15N3S3. The Morgan fingerprint density at radius 3 is 2.71 bits per heavy atom. The van der Waals surface area contributed by atoms with Crippen LogP contribution in [-0.2, 0) is 0 Å². The van der Waals surface area contributed by atoms with Gasteiger partial charge in [-0.25, -0.2) is 5.01 Å². The van der Waals surface area contributed by atoms with E-state index in [1.54, 1.807) is 22.7 Å². The highest BCUT2D eigenvalue weighted by molar-refractivity contribution is 7.80. The molecule has 0 radical (unpaired) electrons. The van der Waals surface area contributed by atoms with Crippen molar-refractivity contribution in [2.75, 3.05) is 5.32 Å². The number of para-hydroxylation sites is 1. The fourth-order valence-corrected chi connectivity index (χ4v) is 4.47. The van der Waals surface area contributed by atoms with Crippen LogP contribution in [-0.4, -0.2) is 15.8 Å². The molecule has 1 aliphatic heterocycles. The molecular weight excluding hydrogens is 354 g/mol. The number of anilines is 1.